The zero-order valence-corrected chi connectivity index (χ0v) is 17.3. The van der Waals surface area contributed by atoms with Crippen molar-refractivity contribution in [1.29, 1.82) is 0 Å². The number of nitrogens with one attached hydrogen (secondary N) is 1. The summed E-state index contributed by atoms with van der Waals surface area (Å²) in [6, 6.07) is 11.3. The van der Waals surface area contributed by atoms with Crippen LogP contribution in [0.1, 0.15) is 5.69 Å². The molecule has 0 unspecified atom stereocenters. The molecule has 7 nitrogen and oxygen atoms in total. The Hall–Kier alpha value is -2.70. The maximum Gasteiger partial charge on any atom is 0.435 e. The minimum absolute atomic E-state index is 0.0231. The molecule has 0 spiro atoms. The van der Waals surface area contributed by atoms with E-state index in [2.05, 4.69) is 9.82 Å². The maximum absolute atomic E-state index is 13.3. The smallest absolute Gasteiger partial charge is 0.233 e. The van der Waals surface area contributed by atoms with E-state index in [1.165, 1.54) is 55.6 Å². The van der Waals surface area contributed by atoms with Gasteiger partial charge < -0.3 is 0 Å². The lowest BCUT2D eigenvalue weighted by molar-refractivity contribution is -0.141. The molecule has 30 heavy (non-hydrogen) atoms. The molecule has 0 fully saturated rings. The molecule has 3 aromatic rings. The maximum atomic E-state index is 13.3. The molecule has 1 N–H and O–H groups in total. The number of rotatable bonds is 5. The molecule has 0 aliphatic heterocycles. The van der Waals surface area contributed by atoms with Crippen LogP contribution in [0.15, 0.2) is 64.4 Å². The Balaban J connectivity index is 2.14. The van der Waals surface area contributed by atoms with Crippen LogP contribution in [0.4, 0.5) is 13.2 Å². The van der Waals surface area contributed by atoms with Crippen molar-refractivity contribution in [1.82, 2.24) is 14.5 Å². The number of halogens is 3. The summed E-state index contributed by atoms with van der Waals surface area (Å²) in [6.07, 6.45) is -3.68. The first-order chi connectivity index (χ1) is 13.8. The van der Waals surface area contributed by atoms with E-state index in [9.17, 15) is 30.0 Å². The molecule has 3 rings (SSSR count). The van der Waals surface area contributed by atoms with Crippen molar-refractivity contribution in [3.63, 3.8) is 0 Å². The van der Waals surface area contributed by atoms with Crippen molar-refractivity contribution in [2.24, 2.45) is 0 Å². The highest BCUT2D eigenvalue weighted by Crippen LogP contribution is 2.33. The summed E-state index contributed by atoms with van der Waals surface area (Å²) in [6.45, 7) is 0. The Labute approximate surface area is 171 Å². The zero-order valence-electron chi connectivity index (χ0n) is 15.7. The van der Waals surface area contributed by atoms with Crippen LogP contribution in [-0.2, 0) is 26.0 Å². The molecule has 1 aromatic heterocycles. The Kier molecular flexibility index (Phi) is 5.52. The van der Waals surface area contributed by atoms with Crippen molar-refractivity contribution in [3.8, 4) is 16.9 Å². The summed E-state index contributed by atoms with van der Waals surface area (Å²) in [5.41, 5.74) is -0.580. The van der Waals surface area contributed by atoms with Crippen LogP contribution in [0.5, 0.6) is 0 Å². The lowest BCUT2D eigenvalue weighted by atomic mass is 10.1. The predicted octanol–water partition coefficient (Wildman–Crippen LogP) is 2.87. The topological polar surface area (TPSA) is 98.1 Å². The third-order valence-corrected chi connectivity index (χ3v) is 6.80. The molecule has 12 heteroatoms. The van der Waals surface area contributed by atoms with Crippen LogP contribution >= 0.6 is 0 Å². The van der Waals surface area contributed by atoms with Gasteiger partial charge in [-0.2, -0.15) is 18.3 Å². The monoisotopic (exact) mass is 459 g/mol. The average Bonchev–Trinajstić information content (AvgIpc) is 3.13. The quantitative estimate of drug-likeness (QED) is 0.633. The standard InChI is InChI=1S/C18H16F3N3O4S2/c1-22-30(27,28)15-9-5-13(6-10-15)24-16(11-17(23-24)18(19,20)21)12-3-7-14(8-4-12)29(2,25)26/h3-11,22H,1-2H3. The van der Waals surface area contributed by atoms with Gasteiger partial charge in [-0.25, -0.2) is 26.2 Å². The normalized spacial score (nSPS) is 12.8. The highest BCUT2D eigenvalue weighted by atomic mass is 32.2. The molecule has 160 valence electrons. The Morgan fingerprint density at radius 3 is 1.90 bits per heavy atom. The van der Waals surface area contributed by atoms with Crippen LogP contribution in [0.2, 0.25) is 0 Å². The summed E-state index contributed by atoms with van der Waals surface area (Å²) in [5, 5.41) is 3.62. The van der Waals surface area contributed by atoms with Gasteiger partial charge in [0.1, 0.15) is 0 Å². The summed E-state index contributed by atoms with van der Waals surface area (Å²) in [4.78, 5) is -0.0361. The van der Waals surface area contributed by atoms with Gasteiger partial charge >= 0.3 is 6.18 Å². The second-order valence-electron chi connectivity index (χ2n) is 6.32. The third-order valence-electron chi connectivity index (χ3n) is 4.24. The van der Waals surface area contributed by atoms with Crippen LogP contribution in [-0.4, -0.2) is 39.9 Å². The summed E-state index contributed by atoms with van der Waals surface area (Å²) in [5.74, 6) is 0. The first-order valence-corrected chi connectivity index (χ1v) is 11.7. The largest absolute Gasteiger partial charge is 0.435 e. The number of sulfone groups is 1. The van der Waals surface area contributed by atoms with Gasteiger partial charge in [-0.1, -0.05) is 12.1 Å². The van der Waals surface area contributed by atoms with Crippen LogP contribution in [0.3, 0.4) is 0 Å². The van der Waals surface area contributed by atoms with E-state index in [1.807, 2.05) is 0 Å². The second kappa shape index (κ2) is 7.52. The second-order valence-corrected chi connectivity index (χ2v) is 10.2. The van der Waals surface area contributed by atoms with Gasteiger partial charge in [0.25, 0.3) is 0 Å². The molecule has 0 saturated carbocycles. The van der Waals surface area contributed by atoms with Gasteiger partial charge in [-0.05, 0) is 49.5 Å². The van der Waals surface area contributed by atoms with Crippen molar-refractivity contribution in [2.75, 3.05) is 13.3 Å². The molecular weight excluding hydrogens is 443 g/mol. The highest BCUT2D eigenvalue weighted by Gasteiger charge is 2.35. The zero-order chi connectivity index (χ0) is 22.3. The van der Waals surface area contributed by atoms with Crippen molar-refractivity contribution in [2.45, 2.75) is 16.0 Å². The van der Waals surface area contributed by atoms with Crippen LogP contribution < -0.4 is 4.72 Å². The van der Waals surface area contributed by atoms with Gasteiger partial charge in [0.2, 0.25) is 10.0 Å². The van der Waals surface area contributed by atoms with E-state index < -0.39 is 31.7 Å². The molecule has 0 aliphatic rings. The number of hydrogen-bond donors (Lipinski definition) is 1. The molecule has 0 aliphatic carbocycles. The van der Waals surface area contributed by atoms with E-state index >= 15 is 0 Å². The van der Waals surface area contributed by atoms with Gasteiger partial charge in [0.05, 0.1) is 21.2 Å². The van der Waals surface area contributed by atoms with E-state index in [1.54, 1.807) is 0 Å². The number of aromatic nitrogens is 2. The van der Waals surface area contributed by atoms with Crippen LogP contribution in [0.25, 0.3) is 16.9 Å². The highest BCUT2D eigenvalue weighted by molar-refractivity contribution is 7.90. The van der Waals surface area contributed by atoms with Crippen LogP contribution in [0, 0.1) is 0 Å². The summed E-state index contributed by atoms with van der Waals surface area (Å²) < 4.78 is 89.9. The van der Waals surface area contributed by atoms with Gasteiger partial charge in [-0.15, -0.1) is 0 Å². The van der Waals surface area contributed by atoms with E-state index in [0.717, 1.165) is 17.0 Å². The fourth-order valence-corrected chi connectivity index (χ4v) is 4.04. The lowest BCUT2D eigenvalue weighted by Gasteiger charge is -2.09. The molecule has 0 saturated heterocycles. The summed E-state index contributed by atoms with van der Waals surface area (Å²) >= 11 is 0. The number of alkyl halides is 3. The van der Waals surface area contributed by atoms with Gasteiger partial charge in [0, 0.05) is 11.8 Å². The molecule has 0 atom stereocenters. The lowest BCUT2D eigenvalue weighted by Crippen LogP contribution is -2.18. The molecule has 0 bridgehead atoms. The fourth-order valence-electron chi connectivity index (χ4n) is 2.68. The van der Waals surface area contributed by atoms with Crippen molar-refractivity contribution < 1.29 is 30.0 Å². The van der Waals surface area contributed by atoms with E-state index in [0.29, 0.717) is 5.56 Å². The van der Waals surface area contributed by atoms with Gasteiger partial charge in [-0.3, -0.25) is 0 Å². The molecule has 1 heterocycles. The Morgan fingerprint density at radius 2 is 1.43 bits per heavy atom. The number of hydrogen-bond acceptors (Lipinski definition) is 5. The van der Waals surface area contributed by atoms with Gasteiger partial charge in [0.15, 0.2) is 15.5 Å². The molecule has 2 aromatic carbocycles. The summed E-state index contributed by atoms with van der Waals surface area (Å²) in [7, 11) is -5.94. The average molecular weight is 459 g/mol. The van der Waals surface area contributed by atoms with Crippen molar-refractivity contribution >= 4 is 19.9 Å². The first-order valence-electron chi connectivity index (χ1n) is 8.35. The number of benzene rings is 2. The molecule has 0 amide bonds. The Bertz CT molecular complexity index is 1280. The fraction of sp³-hybridized carbons (Fsp3) is 0.167. The number of nitrogens with zero attached hydrogens (tertiary/aromatic N) is 2. The SMILES string of the molecule is CNS(=O)(=O)c1ccc(-n2nc(C(F)(F)F)cc2-c2ccc(S(C)(=O)=O)cc2)cc1. The molecular formula is C18H16F3N3O4S2. The predicted molar refractivity (Wildman–Crippen MR) is 103 cm³/mol. The number of sulfonamides is 1. The van der Waals surface area contributed by atoms with E-state index in [-0.39, 0.29) is 21.2 Å². The van der Waals surface area contributed by atoms with E-state index in [4.69, 9.17) is 0 Å². The minimum atomic E-state index is -4.71. The third kappa shape index (κ3) is 4.40. The Morgan fingerprint density at radius 1 is 0.900 bits per heavy atom. The van der Waals surface area contributed by atoms with Crippen molar-refractivity contribution in [3.05, 3.63) is 60.3 Å². The first kappa shape index (κ1) is 22.0. The minimum Gasteiger partial charge on any atom is -0.233 e. The molecule has 0 radical (unpaired) electrons.